The van der Waals surface area contributed by atoms with Gasteiger partial charge in [-0.25, -0.2) is 13.2 Å². The van der Waals surface area contributed by atoms with Crippen LogP contribution in [0.15, 0.2) is 42.5 Å². The topological polar surface area (TPSA) is 74.7 Å². The molecule has 148 valence electrons. The zero-order valence-electron chi connectivity index (χ0n) is 16.0. The van der Waals surface area contributed by atoms with Gasteiger partial charge >= 0.3 is 5.97 Å². The van der Waals surface area contributed by atoms with Crippen molar-refractivity contribution in [3.05, 3.63) is 59.2 Å². The number of carboxylic acid groups (broad SMARTS) is 1. The van der Waals surface area contributed by atoms with Crippen LogP contribution in [0.25, 0.3) is 0 Å². The Labute approximate surface area is 165 Å². The molecule has 2 aromatic rings. The van der Waals surface area contributed by atoms with Crippen molar-refractivity contribution in [2.24, 2.45) is 0 Å². The highest BCUT2D eigenvalue weighted by Crippen LogP contribution is 2.47. The van der Waals surface area contributed by atoms with Crippen LogP contribution in [0.5, 0.6) is 0 Å². The predicted octanol–water partition coefficient (Wildman–Crippen LogP) is 4.32. The first kappa shape index (κ1) is 19.0. The Kier molecular flexibility index (Phi) is 4.91. The molecule has 0 heterocycles. The van der Waals surface area contributed by atoms with Crippen LogP contribution >= 0.6 is 0 Å². The molecule has 0 spiro atoms. The summed E-state index contributed by atoms with van der Waals surface area (Å²) in [4.78, 5) is 13.2. The van der Waals surface area contributed by atoms with Crippen LogP contribution in [-0.2, 0) is 9.84 Å². The molecule has 0 unspecified atom stereocenters. The van der Waals surface area contributed by atoms with Crippen molar-refractivity contribution in [2.75, 3.05) is 23.5 Å². The van der Waals surface area contributed by atoms with Gasteiger partial charge in [-0.05, 0) is 85.0 Å². The number of hydrogen-bond donors (Lipinski definition) is 1. The van der Waals surface area contributed by atoms with E-state index in [1.54, 1.807) is 24.3 Å². The lowest BCUT2D eigenvalue weighted by atomic mass is 10.0. The van der Waals surface area contributed by atoms with E-state index in [0.717, 1.165) is 11.4 Å². The standard InChI is InChI=1S/C22H25NO4S/c1-28(26,27)11-10-23(20-8-6-17(7-9-20)22(24)25)21-13-18(15-2-3-15)12-19(14-21)16-4-5-16/h6-9,12-16H,2-5,10-11H2,1H3,(H,24,25). The maximum absolute atomic E-state index is 11.8. The van der Waals surface area contributed by atoms with Crippen LogP contribution in [0, 0.1) is 0 Å². The van der Waals surface area contributed by atoms with Gasteiger partial charge in [-0.2, -0.15) is 0 Å². The normalized spacial score (nSPS) is 16.8. The van der Waals surface area contributed by atoms with Gasteiger partial charge in [0.05, 0.1) is 11.3 Å². The number of benzene rings is 2. The fourth-order valence-electron chi connectivity index (χ4n) is 3.57. The number of rotatable bonds is 8. The molecule has 0 aliphatic heterocycles. The van der Waals surface area contributed by atoms with Crippen molar-refractivity contribution >= 4 is 27.2 Å². The average molecular weight is 400 g/mol. The Morgan fingerprint density at radius 2 is 1.50 bits per heavy atom. The summed E-state index contributed by atoms with van der Waals surface area (Å²) in [7, 11) is -3.12. The summed E-state index contributed by atoms with van der Waals surface area (Å²) in [5.41, 5.74) is 4.70. The minimum absolute atomic E-state index is 0.0418. The highest BCUT2D eigenvalue weighted by atomic mass is 32.2. The predicted molar refractivity (Wildman–Crippen MR) is 111 cm³/mol. The van der Waals surface area contributed by atoms with Crippen LogP contribution in [0.3, 0.4) is 0 Å². The Balaban J connectivity index is 1.72. The minimum atomic E-state index is -3.12. The molecule has 0 radical (unpaired) electrons. The van der Waals surface area contributed by atoms with Crippen molar-refractivity contribution in [3.8, 4) is 0 Å². The van der Waals surface area contributed by atoms with E-state index in [-0.39, 0.29) is 11.3 Å². The van der Waals surface area contributed by atoms with Gasteiger partial charge in [-0.15, -0.1) is 0 Å². The van der Waals surface area contributed by atoms with Gasteiger partial charge < -0.3 is 10.0 Å². The molecular weight excluding hydrogens is 374 g/mol. The monoisotopic (exact) mass is 399 g/mol. The van der Waals surface area contributed by atoms with Gasteiger partial charge in [0.15, 0.2) is 0 Å². The highest BCUT2D eigenvalue weighted by molar-refractivity contribution is 7.90. The third kappa shape index (κ3) is 4.55. The second-order valence-electron chi connectivity index (χ2n) is 8.04. The van der Waals surface area contributed by atoms with Gasteiger partial charge in [0.25, 0.3) is 0 Å². The van der Waals surface area contributed by atoms with Gasteiger partial charge in [-0.3, -0.25) is 0 Å². The van der Waals surface area contributed by atoms with E-state index in [9.17, 15) is 13.2 Å². The number of sulfone groups is 1. The maximum Gasteiger partial charge on any atom is 0.335 e. The van der Waals surface area contributed by atoms with Crippen LogP contribution < -0.4 is 4.90 Å². The van der Waals surface area contributed by atoms with Crippen molar-refractivity contribution in [1.29, 1.82) is 0 Å². The molecule has 6 heteroatoms. The molecule has 28 heavy (non-hydrogen) atoms. The number of carbonyl (C=O) groups is 1. The first-order chi connectivity index (χ1) is 13.3. The Morgan fingerprint density at radius 3 is 1.93 bits per heavy atom. The number of carboxylic acids is 1. The number of anilines is 2. The Morgan fingerprint density at radius 1 is 0.964 bits per heavy atom. The summed E-state index contributed by atoms with van der Waals surface area (Å²) in [5.74, 6) is 0.299. The summed E-state index contributed by atoms with van der Waals surface area (Å²) in [6.07, 6.45) is 6.10. The second-order valence-corrected chi connectivity index (χ2v) is 10.3. The molecule has 2 saturated carbocycles. The summed E-state index contributed by atoms with van der Waals surface area (Å²) >= 11 is 0. The number of hydrogen-bond acceptors (Lipinski definition) is 4. The van der Waals surface area contributed by atoms with Crippen molar-refractivity contribution < 1.29 is 18.3 Å². The third-order valence-corrected chi connectivity index (χ3v) is 6.41. The summed E-state index contributed by atoms with van der Waals surface area (Å²) in [5, 5.41) is 9.16. The van der Waals surface area contributed by atoms with Crippen LogP contribution in [0.4, 0.5) is 11.4 Å². The molecule has 0 atom stereocenters. The molecule has 5 nitrogen and oxygen atoms in total. The molecule has 2 aliphatic rings. The molecule has 2 fully saturated rings. The molecule has 0 bridgehead atoms. The minimum Gasteiger partial charge on any atom is -0.478 e. The smallest absolute Gasteiger partial charge is 0.335 e. The maximum atomic E-state index is 11.8. The van der Waals surface area contributed by atoms with Crippen LogP contribution in [-0.4, -0.2) is 38.0 Å². The lowest BCUT2D eigenvalue weighted by molar-refractivity contribution is 0.0697. The van der Waals surface area contributed by atoms with Crippen LogP contribution in [0.1, 0.15) is 59.0 Å². The summed E-state index contributed by atoms with van der Waals surface area (Å²) < 4.78 is 23.6. The fourth-order valence-corrected chi connectivity index (χ4v) is 4.08. The van der Waals surface area contributed by atoms with Crippen LogP contribution in [0.2, 0.25) is 0 Å². The van der Waals surface area contributed by atoms with Crippen molar-refractivity contribution in [1.82, 2.24) is 0 Å². The largest absolute Gasteiger partial charge is 0.478 e. The van der Waals surface area contributed by atoms with E-state index < -0.39 is 15.8 Å². The SMILES string of the molecule is CS(=O)(=O)CCN(c1ccc(C(=O)O)cc1)c1cc(C2CC2)cc(C2CC2)c1. The third-order valence-electron chi connectivity index (χ3n) is 5.48. The summed E-state index contributed by atoms with van der Waals surface area (Å²) in [6.45, 7) is 0.337. The zero-order valence-corrected chi connectivity index (χ0v) is 16.8. The van der Waals surface area contributed by atoms with Crippen molar-refractivity contribution in [3.63, 3.8) is 0 Å². The fraction of sp³-hybridized carbons (Fsp3) is 0.409. The van der Waals surface area contributed by atoms with E-state index in [4.69, 9.17) is 5.11 Å². The van der Waals surface area contributed by atoms with Gasteiger partial charge in [-0.1, -0.05) is 6.07 Å². The van der Waals surface area contributed by atoms with E-state index >= 15 is 0 Å². The first-order valence-corrected chi connectivity index (χ1v) is 11.8. The lowest BCUT2D eigenvalue weighted by Gasteiger charge is -2.26. The molecule has 0 saturated heterocycles. The van der Waals surface area contributed by atoms with E-state index in [0.29, 0.717) is 18.4 Å². The second kappa shape index (κ2) is 7.24. The number of aromatic carboxylic acids is 1. The van der Waals surface area contributed by atoms with E-state index in [2.05, 4.69) is 18.2 Å². The van der Waals surface area contributed by atoms with Crippen molar-refractivity contribution in [2.45, 2.75) is 37.5 Å². The van der Waals surface area contributed by atoms with Gasteiger partial charge in [0, 0.05) is 24.2 Å². The first-order valence-electron chi connectivity index (χ1n) is 9.74. The molecule has 2 aliphatic carbocycles. The van der Waals surface area contributed by atoms with Gasteiger partial charge in [0.2, 0.25) is 0 Å². The molecule has 2 aromatic carbocycles. The molecular formula is C22H25NO4S. The molecule has 0 aromatic heterocycles. The number of nitrogens with zero attached hydrogens (tertiary/aromatic N) is 1. The highest BCUT2D eigenvalue weighted by Gasteiger charge is 2.29. The Bertz CT molecular complexity index is 959. The van der Waals surface area contributed by atoms with Gasteiger partial charge in [0.1, 0.15) is 9.84 Å². The molecule has 4 rings (SSSR count). The summed E-state index contributed by atoms with van der Waals surface area (Å²) in [6, 6.07) is 13.3. The molecule has 1 N–H and O–H groups in total. The van der Waals surface area contributed by atoms with E-state index in [1.165, 1.54) is 43.1 Å². The zero-order chi connectivity index (χ0) is 19.9. The Hall–Kier alpha value is -2.34. The lowest BCUT2D eigenvalue weighted by Crippen LogP contribution is -2.25. The molecule has 0 amide bonds. The average Bonchev–Trinajstić information content (AvgIpc) is 3.54. The quantitative estimate of drug-likeness (QED) is 0.715. The van der Waals surface area contributed by atoms with E-state index in [1.807, 2.05) is 4.90 Å².